The van der Waals surface area contributed by atoms with Crippen molar-refractivity contribution in [2.75, 3.05) is 11.5 Å². The van der Waals surface area contributed by atoms with Crippen LogP contribution in [0.3, 0.4) is 0 Å². The smallest absolute Gasteiger partial charge is 0.390 e. The zero-order chi connectivity index (χ0) is 19.4. The fraction of sp³-hybridized carbons (Fsp3) is 0.611. The third-order valence-electron chi connectivity index (χ3n) is 6.55. The van der Waals surface area contributed by atoms with Crippen molar-refractivity contribution in [3.05, 3.63) is 28.2 Å². The number of aliphatic hydroxyl groups excluding tert-OH is 1. The Balaban J connectivity index is 1.62. The van der Waals surface area contributed by atoms with E-state index in [-0.39, 0.29) is 22.7 Å². The van der Waals surface area contributed by atoms with Crippen molar-refractivity contribution in [1.29, 1.82) is 0 Å². The lowest BCUT2D eigenvalue weighted by atomic mass is 9.65. The fourth-order valence-corrected chi connectivity index (χ4v) is 6.03. The molecule has 4 aliphatic rings. The highest BCUT2D eigenvalue weighted by Crippen LogP contribution is 2.65. The van der Waals surface area contributed by atoms with Crippen molar-refractivity contribution < 1.29 is 32.5 Å². The molecule has 4 heterocycles. The number of hydrogen-bond acceptors (Lipinski definition) is 4. The number of carbonyl (C=O) groups excluding carboxylic acids is 1. The molecular weight excluding hydrogens is 431 g/mol. The number of amides is 1. The highest BCUT2D eigenvalue weighted by Gasteiger charge is 2.78. The Hall–Kier alpha value is -1.16. The van der Waals surface area contributed by atoms with Crippen LogP contribution < -0.4 is 4.90 Å². The quantitative estimate of drug-likeness (QED) is 0.718. The van der Waals surface area contributed by atoms with E-state index < -0.39 is 47.1 Å². The summed E-state index contributed by atoms with van der Waals surface area (Å²) in [6.45, 7) is 2.07. The summed E-state index contributed by atoms with van der Waals surface area (Å²) >= 11 is 2.93. The Morgan fingerprint density at radius 3 is 2.81 bits per heavy atom. The topological polar surface area (TPSA) is 59.0 Å². The van der Waals surface area contributed by atoms with Gasteiger partial charge in [0.15, 0.2) is 0 Å². The van der Waals surface area contributed by atoms with Crippen LogP contribution in [0.1, 0.15) is 25.3 Å². The third-order valence-corrected chi connectivity index (χ3v) is 7.24. The highest BCUT2D eigenvalue weighted by atomic mass is 79.9. The summed E-state index contributed by atoms with van der Waals surface area (Å²) in [6.07, 6.45) is -5.19. The number of fused-ring (bicyclic) bond motifs is 2. The van der Waals surface area contributed by atoms with E-state index in [0.717, 1.165) is 6.07 Å². The molecule has 0 radical (unpaired) electrons. The van der Waals surface area contributed by atoms with Crippen LogP contribution in [0.15, 0.2) is 22.7 Å². The van der Waals surface area contributed by atoms with E-state index >= 15 is 0 Å². The van der Waals surface area contributed by atoms with Gasteiger partial charge in [0.1, 0.15) is 11.8 Å². The number of ether oxygens (including phenoxy) is 2. The Bertz CT molecular complexity index is 848. The largest absolute Gasteiger partial charge is 0.417 e. The van der Waals surface area contributed by atoms with Gasteiger partial charge in [-0.25, -0.2) is 0 Å². The maximum absolute atomic E-state index is 13.3. The second-order valence-electron chi connectivity index (χ2n) is 7.97. The van der Waals surface area contributed by atoms with E-state index in [0.29, 0.717) is 12.8 Å². The van der Waals surface area contributed by atoms with Gasteiger partial charge in [-0.15, -0.1) is 0 Å². The van der Waals surface area contributed by atoms with Crippen LogP contribution in [0, 0.1) is 11.8 Å². The van der Waals surface area contributed by atoms with Gasteiger partial charge in [-0.3, -0.25) is 9.69 Å². The number of halogens is 4. The van der Waals surface area contributed by atoms with Crippen molar-refractivity contribution >= 4 is 27.5 Å². The lowest BCUT2D eigenvalue weighted by molar-refractivity contribution is -0.163. The maximum Gasteiger partial charge on any atom is 0.417 e. The predicted molar refractivity (Wildman–Crippen MR) is 90.8 cm³/mol. The Morgan fingerprint density at radius 1 is 1.37 bits per heavy atom. The molecule has 1 aromatic carbocycles. The third kappa shape index (κ3) is 2.14. The van der Waals surface area contributed by atoms with Crippen molar-refractivity contribution in [2.45, 2.75) is 49.5 Å². The van der Waals surface area contributed by atoms with Gasteiger partial charge in [0.05, 0.1) is 35.7 Å². The number of hydrogen-bond donors (Lipinski definition) is 1. The predicted octanol–water partition coefficient (Wildman–Crippen LogP) is 3.09. The van der Waals surface area contributed by atoms with Crippen molar-refractivity contribution in [2.24, 2.45) is 11.8 Å². The van der Waals surface area contributed by atoms with Crippen molar-refractivity contribution in [1.82, 2.24) is 0 Å². The van der Waals surface area contributed by atoms with Crippen LogP contribution in [-0.2, 0) is 20.4 Å². The number of benzene rings is 1. The van der Waals surface area contributed by atoms with Crippen molar-refractivity contribution in [3.63, 3.8) is 0 Å². The molecule has 0 aromatic heterocycles. The van der Waals surface area contributed by atoms with Gasteiger partial charge in [0, 0.05) is 23.0 Å². The molecule has 0 saturated carbocycles. The first-order valence-corrected chi connectivity index (χ1v) is 9.57. The summed E-state index contributed by atoms with van der Waals surface area (Å²) in [4.78, 5) is 14.6. The Labute approximate surface area is 161 Å². The molecule has 1 amide bonds. The summed E-state index contributed by atoms with van der Waals surface area (Å²) in [5.74, 6) is -1.24. The first kappa shape index (κ1) is 17.9. The molecule has 6 atom stereocenters. The number of nitrogens with zero attached hydrogens (tertiary/aromatic N) is 1. The van der Waals surface area contributed by atoms with Crippen LogP contribution in [0.5, 0.6) is 0 Å². The first-order chi connectivity index (χ1) is 12.6. The van der Waals surface area contributed by atoms with Gasteiger partial charge in [0.2, 0.25) is 5.91 Å². The molecule has 5 nitrogen and oxygen atoms in total. The van der Waals surface area contributed by atoms with Gasteiger partial charge in [-0.2, -0.15) is 13.2 Å². The summed E-state index contributed by atoms with van der Waals surface area (Å²) in [7, 11) is 0. The minimum absolute atomic E-state index is 0.0857. The number of alkyl halides is 3. The molecule has 2 bridgehead atoms. The van der Waals surface area contributed by atoms with E-state index in [9.17, 15) is 23.1 Å². The van der Waals surface area contributed by atoms with E-state index in [1.807, 2.05) is 0 Å². The normalized spacial score (nSPS) is 42.7. The van der Waals surface area contributed by atoms with E-state index in [1.54, 1.807) is 6.92 Å². The standard InChI is InChI=1S/C18H17BrF3NO4/c1-16-7-11(24)17(27-16)4-5-26-15-13(17)12(16)14(25)23(15)8-2-3-10(19)9(6-8)18(20,21)22/h2-3,6,11-13,15,24H,4-5,7H2,1H3/t11-,12+,13-,15-,16+,17-/m0/s1. The van der Waals surface area contributed by atoms with Gasteiger partial charge < -0.3 is 14.6 Å². The van der Waals surface area contributed by atoms with Gasteiger partial charge in [-0.05, 0) is 25.1 Å². The molecule has 146 valence electrons. The van der Waals surface area contributed by atoms with Gasteiger partial charge >= 0.3 is 6.18 Å². The minimum atomic E-state index is -4.55. The second-order valence-corrected chi connectivity index (χ2v) is 8.83. The molecule has 4 saturated heterocycles. The highest BCUT2D eigenvalue weighted by molar-refractivity contribution is 9.10. The lowest BCUT2D eigenvalue weighted by Gasteiger charge is -2.43. The average Bonchev–Trinajstić information content (AvgIpc) is 3.11. The van der Waals surface area contributed by atoms with Crippen LogP contribution in [-0.4, -0.2) is 41.2 Å². The second kappa shape index (κ2) is 5.25. The number of carbonyl (C=O) groups is 1. The fourth-order valence-electron chi connectivity index (χ4n) is 5.56. The Morgan fingerprint density at radius 2 is 2.11 bits per heavy atom. The molecule has 5 rings (SSSR count). The average molecular weight is 448 g/mol. The summed E-state index contributed by atoms with van der Waals surface area (Å²) < 4.78 is 51.9. The summed E-state index contributed by atoms with van der Waals surface area (Å²) in [5, 5.41) is 10.6. The SMILES string of the molecule is C[C@@]12C[C@H](O)[C@]3(CCO[C@H]4[C@@H]3[C@@H]1C(=O)N4c1ccc(Br)c(C(F)(F)F)c1)O2. The molecule has 1 spiro atoms. The van der Waals surface area contributed by atoms with E-state index in [1.165, 1.54) is 17.0 Å². The van der Waals surface area contributed by atoms with Gasteiger partial charge in [0.25, 0.3) is 0 Å². The summed E-state index contributed by atoms with van der Waals surface area (Å²) in [6, 6.07) is 3.74. The molecule has 0 aliphatic carbocycles. The zero-order valence-electron chi connectivity index (χ0n) is 14.3. The molecule has 27 heavy (non-hydrogen) atoms. The molecule has 1 aromatic rings. The Kier molecular flexibility index (Phi) is 3.48. The van der Waals surface area contributed by atoms with Gasteiger partial charge in [-0.1, -0.05) is 15.9 Å². The minimum Gasteiger partial charge on any atom is -0.390 e. The van der Waals surface area contributed by atoms with E-state index in [2.05, 4.69) is 15.9 Å². The van der Waals surface area contributed by atoms with Crippen LogP contribution >= 0.6 is 15.9 Å². The molecule has 9 heteroatoms. The first-order valence-electron chi connectivity index (χ1n) is 8.78. The maximum atomic E-state index is 13.3. The molecule has 1 N–H and O–H groups in total. The van der Waals surface area contributed by atoms with E-state index in [4.69, 9.17) is 9.47 Å². The van der Waals surface area contributed by atoms with Crippen LogP contribution in [0.2, 0.25) is 0 Å². The molecular formula is C18H17BrF3NO4. The molecule has 4 fully saturated rings. The number of anilines is 1. The molecule has 4 aliphatic heterocycles. The van der Waals surface area contributed by atoms with Crippen LogP contribution in [0.25, 0.3) is 0 Å². The lowest BCUT2D eigenvalue weighted by Crippen LogP contribution is -2.56. The molecule has 0 unspecified atom stereocenters. The number of aliphatic hydroxyl groups is 1. The van der Waals surface area contributed by atoms with Crippen LogP contribution in [0.4, 0.5) is 18.9 Å². The van der Waals surface area contributed by atoms with Crippen molar-refractivity contribution in [3.8, 4) is 0 Å². The summed E-state index contributed by atoms with van der Waals surface area (Å²) in [5.41, 5.74) is -2.40. The number of rotatable bonds is 1. The zero-order valence-corrected chi connectivity index (χ0v) is 15.9. The monoisotopic (exact) mass is 447 g/mol.